The Morgan fingerprint density at radius 1 is 1.47 bits per heavy atom. The first-order chi connectivity index (χ1) is 8.11. The molecule has 2 fully saturated rings. The van der Waals surface area contributed by atoms with E-state index in [1.54, 1.807) is 24.0 Å². The molecule has 1 N–H and O–H groups in total. The van der Waals surface area contributed by atoms with E-state index in [2.05, 4.69) is 5.32 Å². The van der Waals surface area contributed by atoms with Crippen LogP contribution in [0.2, 0.25) is 0 Å². The zero-order valence-electron chi connectivity index (χ0n) is 10.3. The lowest BCUT2D eigenvalue weighted by Crippen LogP contribution is -2.54. The van der Waals surface area contributed by atoms with E-state index < -0.39 is 0 Å². The van der Waals surface area contributed by atoms with Gasteiger partial charge in [-0.15, -0.1) is 0 Å². The summed E-state index contributed by atoms with van der Waals surface area (Å²) in [4.78, 5) is 27.0. The third-order valence-corrected chi connectivity index (χ3v) is 3.49. The van der Waals surface area contributed by atoms with Gasteiger partial charge in [-0.3, -0.25) is 9.59 Å². The van der Waals surface area contributed by atoms with Crippen molar-refractivity contribution in [3.63, 3.8) is 0 Å². The van der Waals surface area contributed by atoms with Crippen molar-refractivity contribution in [1.29, 1.82) is 0 Å². The second-order valence-corrected chi connectivity index (χ2v) is 4.63. The van der Waals surface area contributed by atoms with Crippen molar-refractivity contribution in [2.75, 3.05) is 40.3 Å². The number of hydrogen-bond acceptors (Lipinski definition) is 4. The highest BCUT2D eigenvalue weighted by molar-refractivity contribution is 5.88. The molecule has 0 spiro atoms. The smallest absolute Gasteiger partial charge is 0.241 e. The predicted molar refractivity (Wildman–Crippen MR) is 61.4 cm³/mol. The number of hydrogen-bond donors (Lipinski definition) is 1. The number of carbonyl (C=O) groups excluding carboxylic acids is 2. The van der Waals surface area contributed by atoms with Crippen molar-refractivity contribution in [3.8, 4) is 0 Å². The lowest BCUT2D eigenvalue weighted by Gasteiger charge is -2.33. The molecule has 0 saturated carbocycles. The molecule has 2 atom stereocenters. The molecule has 0 radical (unpaired) electrons. The molecule has 2 aliphatic rings. The molecule has 6 nitrogen and oxygen atoms in total. The molecule has 2 saturated heterocycles. The Kier molecular flexibility index (Phi) is 3.63. The molecule has 0 aromatic rings. The summed E-state index contributed by atoms with van der Waals surface area (Å²) in [5, 5.41) is 3.14. The SMILES string of the molecule is COC1CNC(C(=O)N2CCN(C)C(=O)C2)C1. The number of piperazine rings is 1. The minimum atomic E-state index is -0.198. The Morgan fingerprint density at radius 3 is 2.82 bits per heavy atom. The Hall–Kier alpha value is -1.14. The molecular weight excluding hydrogens is 222 g/mol. The van der Waals surface area contributed by atoms with Crippen LogP contribution in [0.25, 0.3) is 0 Å². The number of rotatable bonds is 2. The fraction of sp³-hybridized carbons (Fsp3) is 0.818. The average Bonchev–Trinajstić information content (AvgIpc) is 2.80. The van der Waals surface area contributed by atoms with E-state index in [4.69, 9.17) is 4.74 Å². The normalized spacial score (nSPS) is 29.9. The molecule has 0 aromatic heterocycles. The summed E-state index contributed by atoms with van der Waals surface area (Å²) >= 11 is 0. The zero-order valence-corrected chi connectivity index (χ0v) is 10.3. The van der Waals surface area contributed by atoms with Crippen molar-refractivity contribution < 1.29 is 14.3 Å². The third-order valence-electron chi connectivity index (χ3n) is 3.49. The Labute approximate surface area is 101 Å². The molecule has 2 aliphatic heterocycles. The first-order valence-corrected chi connectivity index (χ1v) is 5.90. The molecule has 6 heteroatoms. The van der Waals surface area contributed by atoms with Gasteiger partial charge < -0.3 is 19.9 Å². The minimum absolute atomic E-state index is 0.00545. The summed E-state index contributed by atoms with van der Waals surface area (Å²) in [6, 6.07) is -0.198. The summed E-state index contributed by atoms with van der Waals surface area (Å²) in [7, 11) is 3.41. The van der Waals surface area contributed by atoms with E-state index in [1.165, 1.54) is 0 Å². The van der Waals surface area contributed by atoms with Gasteiger partial charge in [-0.05, 0) is 6.42 Å². The third kappa shape index (κ3) is 2.58. The quantitative estimate of drug-likeness (QED) is 0.650. The van der Waals surface area contributed by atoms with Gasteiger partial charge in [-0.25, -0.2) is 0 Å². The van der Waals surface area contributed by atoms with E-state index in [0.29, 0.717) is 26.1 Å². The lowest BCUT2D eigenvalue weighted by molar-refractivity contribution is -0.145. The van der Waals surface area contributed by atoms with Crippen LogP contribution < -0.4 is 5.32 Å². The molecular formula is C11H19N3O3. The topological polar surface area (TPSA) is 61.9 Å². The fourth-order valence-electron chi connectivity index (χ4n) is 2.24. The van der Waals surface area contributed by atoms with Crippen LogP contribution in [0.4, 0.5) is 0 Å². The maximum absolute atomic E-state index is 12.2. The summed E-state index contributed by atoms with van der Waals surface area (Å²) in [5.74, 6) is 0.0249. The standard InChI is InChI=1S/C11H19N3O3/c1-13-3-4-14(7-10(13)15)11(16)9-5-8(17-2)6-12-9/h8-9,12H,3-7H2,1-2H3. The van der Waals surface area contributed by atoms with E-state index in [0.717, 1.165) is 0 Å². The summed E-state index contributed by atoms with van der Waals surface area (Å²) in [6.07, 6.45) is 0.794. The molecule has 2 unspecified atom stereocenters. The lowest BCUT2D eigenvalue weighted by atomic mass is 10.1. The van der Waals surface area contributed by atoms with E-state index in [-0.39, 0.29) is 30.5 Å². The van der Waals surface area contributed by atoms with Crippen molar-refractivity contribution in [2.24, 2.45) is 0 Å². The first kappa shape index (κ1) is 12.3. The van der Waals surface area contributed by atoms with Gasteiger partial charge in [-0.2, -0.15) is 0 Å². The van der Waals surface area contributed by atoms with E-state index in [9.17, 15) is 9.59 Å². The Balaban J connectivity index is 1.90. The number of nitrogens with zero attached hydrogens (tertiary/aromatic N) is 2. The van der Waals surface area contributed by atoms with Crippen molar-refractivity contribution in [1.82, 2.24) is 15.1 Å². The van der Waals surface area contributed by atoms with E-state index in [1.807, 2.05) is 0 Å². The average molecular weight is 241 g/mol. The van der Waals surface area contributed by atoms with Gasteiger partial charge in [0.25, 0.3) is 0 Å². The second-order valence-electron chi connectivity index (χ2n) is 4.63. The summed E-state index contributed by atoms with van der Waals surface area (Å²) in [6.45, 7) is 2.14. The van der Waals surface area contributed by atoms with Crippen molar-refractivity contribution >= 4 is 11.8 Å². The van der Waals surface area contributed by atoms with Crippen LogP contribution in [0.3, 0.4) is 0 Å². The highest BCUT2D eigenvalue weighted by Crippen LogP contribution is 2.13. The van der Waals surface area contributed by atoms with Crippen LogP contribution in [0.1, 0.15) is 6.42 Å². The number of ether oxygens (including phenoxy) is 1. The van der Waals surface area contributed by atoms with E-state index >= 15 is 0 Å². The van der Waals surface area contributed by atoms with Crippen LogP contribution in [-0.4, -0.2) is 74.1 Å². The second kappa shape index (κ2) is 5.01. The predicted octanol–water partition coefficient (Wildman–Crippen LogP) is -1.34. The summed E-state index contributed by atoms with van der Waals surface area (Å²) in [5.41, 5.74) is 0. The van der Waals surface area contributed by atoms with Crippen molar-refractivity contribution in [3.05, 3.63) is 0 Å². The number of amides is 2. The Bertz CT molecular complexity index is 321. The van der Waals surface area contributed by atoms with Crippen LogP contribution in [0.5, 0.6) is 0 Å². The van der Waals surface area contributed by atoms with Gasteiger partial charge >= 0.3 is 0 Å². The number of carbonyl (C=O) groups is 2. The van der Waals surface area contributed by atoms with Gasteiger partial charge in [0.05, 0.1) is 18.7 Å². The minimum Gasteiger partial charge on any atom is -0.380 e. The van der Waals surface area contributed by atoms with Gasteiger partial charge in [0.2, 0.25) is 11.8 Å². The monoisotopic (exact) mass is 241 g/mol. The van der Waals surface area contributed by atoms with Gasteiger partial charge in [-0.1, -0.05) is 0 Å². The molecule has 17 heavy (non-hydrogen) atoms. The zero-order chi connectivity index (χ0) is 12.4. The van der Waals surface area contributed by atoms with Crippen LogP contribution >= 0.6 is 0 Å². The molecule has 0 aromatic carbocycles. The number of nitrogens with one attached hydrogen (secondary N) is 1. The first-order valence-electron chi connectivity index (χ1n) is 5.90. The number of methoxy groups -OCH3 is 1. The highest BCUT2D eigenvalue weighted by atomic mass is 16.5. The number of likely N-dealkylation sites (N-methyl/N-ethyl adjacent to an activating group) is 1. The van der Waals surface area contributed by atoms with Gasteiger partial charge in [0.1, 0.15) is 0 Å². The van der Waals surface area contributed by atoms with Crippen molar-refractivity contribution in [2.45, 2.75) is 18.6 Å². The molecule has 96 valence electrons. The molecule has 2 heterocycles. The molecule has 2 rings (SSSR count). The maximum Gasteiger partial charge on any atom is 0.241 e. The van der Waals surface area contributed by atoms with Gasteiger partial charge in [0.15, 0.2) is 0 Å². The fourth-order valence-corrected chi connectivity index (χ4v) is 2.24. The molecule has 0 aliphatic carbocycles. The highest BCUT2D eigenvalue weighted by Gasteiger charge is 2.34. The summed E-state index contributed by atoms with van der Waals surface area (Å²) < 4.78 is 5.21. The van der Waals surface area contributed by atoms with Crippen LogP contribution in [0.15, 0.2) is 0 Å². The maximum atomic E-state index is 12.2. The molecule has 2 amide bonds. The largest absolute Gasteiger partial charge is 0.380 e. The molecule has 0 bridgehead atoms. The Morgan fingerprint density at radius 2 is 2.24 bits per heavy atom. The van der Waals surface area contributed by atoms with Crippen LogP contribution in [-0.2, 0) is 14.3 Å². The van der Waals surface area contributed by atoms with Crippen LogP contribution in [0, 0.1) is 0 Å². The van der Waals surface area contributed by atoms with Gasteiger partial charge in [0, 0.05) is 33.8 Å².